The Balaban J connectivity index is 1.94. The number of nitrogens with zero attached hydrogens (tertiary/aromatic N) is 2. The predicted octanol–water partition coefficient (Wildman–Crippen LogP) is 3.79. The molecular weight excluding hydrogens is 341 g/mol. The summed E-state index contributed by atoms with van der Waals surface area (Å²) in [6.07, 6.45) is 0. The van der Waals surface area contributed by atoms with Crippen LogP contribution in [0.15, 0.2) is 47.6 Å². The third kappa shape index (κ3) is 2.75. The average molecular weight is 352 g/mol. The number of nitrogens with one attached hydrogen (secondary N) is 1. The number of carbonyl (C=O) groups is 1. The summed E-state index contributed by atoms with van der Waals surface area (Å²) in [6.45, 7) is 0. The number of fused-ring (bicyclic) bond motifs is 1. The molecule has 0 aliphatic heterocycles. The van der Waals surface area contributed by atoms with Crippen LogP contribution in [0.1, 0.15) is 10.4 Å². The molecule has 0 aliphatic rings. The van der Waals surface area contributed by atoms with Gasteiger partial charge in [0.05, 0.1) is 25.8 Å². The molecule has 2 aromatic carbocycles. The van der Waals surface area contributed by atoms with Crippen LogP contribution in [0, 0.1) is 0 Å². The molecular formula is C15H11Cl2N3OS. The van der Waals surface area contributed by atoms with Crippen LogP contribution in [-0.4, -0.2) is 10.5 Å². The van der Waals surface area contributed by atoms with Crippen molar-refractivity contribution in [1.29, 1.82) is 0 Å². The molecule has 0 unspecified atom stereocenters. The molecule has 7 heteroatoms. The molecule has 4 nitrogen and oxygen atoms in total. The van der Waals surface area contributed by atoms with Crippen molar-refractivity contribution in [2.45, 2.75) is 0 Å². The number of rotatable bonds is 2. The highest BCUT2D eigenvalue weighted by Gasteiger charge is 2.12. The van der Waals surface area contributed by atoms with E-state index in [1.165, 1.54) is 11.3 Å². The second-order valence-electron chi connectivity index (χ2n) is 4.57. The van der Waals surface area contributed by atoms with Gasteiger partial charge in [0, 0.05) is 7.05 Å². The van der Waals surface area contributed by atoms with E-state index in [-0.39, 0.29) is 5.02 Å². The van der Waals surface area contributed by atoms with Crippen molar-refractivity contribution >= 4 is 50.7 Å². The zero-order chi connectivity index (χ0) is 15.7. The van der Waals surface area contributed by atoms with E-state index in [0.29, 0.717) is 15.4 Å². The van der Waals surface area contributed by atoms with Crippen molar-refractivity contribution in [3.05, 3.63) is 62.9 Å². The zero-order valence-electron chi connectivity index (χ0n) is 11.5. The minimum absolute atomic E-state index is 0.220. The molecule has 0 fully saturated rings. The van der Waals surface area contributed by atoms with Crippen LogP contribution in [0.3, 0.4) is 0 Å². The highest BCUT2D eigenvalue weighted by Crippen LogP contribution is 2.25. The second kappa shape index (κ2) is 6.12. The summed E-state index contributed by atoms with van der Waals surface area (Å²) < 4.78 is 3.01. The number of carbonyl (C=O) groups excluding carboxylic acids is 1. The molecule has 1 aromatic heterocycles. The molecule has 3 rings (SSSR count). The van der Waals surface area contributed by atoms with Gasteiger partial charge in [-0.15, -0.1) is 5.10 Å². The lowest BCUT2D eigenvalue weighted by Crippen LogP contribution is -2.23. The Hall–Kier alpha value is -1.82. The lowest BCUT2D eigenvalue weighted by Gasteiger charge is -2.03. The number of benzene rings is 2. The van der Waals surface area contributed by atoms with E-state index in [2.05, 4.69) is 10.5 Å². The summed E-state index contributed by atoms with van der Waals surface area (Å²) >= 11 is 13.4. The molecule has 22 heavy (non-hydrogen) atoms. The molecule has 3 aromatic rings. The Morgan fingerprint density at radius 3 is 2.73 bits per heavy atom. The van der Waals surface area contributed by atoms with E-state index >= 15 is 0 Å². The summed E-state index contributed by atoms with van der Waals surface area (Å²) in [5.74, 6) is -0.398. The van der Waals surface area contributed by atoms with Crippen LogP contribution < -0.4 is 10.2 Å². The van der Waals surface area contributed by atoms with Gasteiger partial charge in [0.2, 0.25) is 4.80 Å². The minimum Gasteiger partial charge on any atom is -0.318 e. The summed E-state index contributed by atoms with van der Waals surface area (Å²) in [6, 6.07) is 12.8. The number of halogens is 2. The third-order valence-corrected chi connectivity index (χ3v) is 5.10. The van der Waals surface area contributed by atoms with Crippen molar-refractivity contribution in [3.63, 3.8) is 0 Å². The molecule has 1 N–H and O–H groups in total. The van der Waals surface area contributed by atoms with E-state index in [1.54, 1.807) is 18.2 Å². The minimum atomic E-state index is -0.398. The maximum Gasteiger partial charge on any atom is 0.273 e. The predicted molar refractivity (Wildman–Crippen MR) is 90.3 cm³/mol. The van der Waals surface area contributed by atoms with Crippen molar-refractivity contribution in [3.8, 4) is 0 Å². The first kappa shape index (κ1) is 15.1. The van der Waals surface area contributed by atoms with Gasteiger partial charge < -0.3 is 4.57 Å². The van der Waals surface area contributed by atoms with E-state index in [1.807, 2.05) is 35.9 Å². The van der Waals surface area contributed by atoms with Crippen molar-refractivity contribution in [1.82, 2.24) is 9.99 Å². The Labute approximate surface area is 140 Å². The maximum absolute atomic E-state index is 12.2. The number of aryl methyl sites for hydroxylation is 1. The highest BCUT2D eigenvalue weighted by atomic mass is 35.5. The summed E-state index contributed by atoms with van der Waals surface area (Å²) in [4.78, 5) is 12.9. The van der Waals surface area contributed by atoms with E-state index in [0.717, 1.165) is 10.2 Å². The molecule has 0 spiro atoms. The van der Waals surface area contributed by atoms with Gasteiger partial charge in [0.15, 0.2) is 0 Å². The third-order valence-electron chi connectivity index (χ3n) is 3.16. The number of hydrogen-bond acceptors (Lipinski definition) is 3. The van der Waals surface area contributed by atoms with Gasteiger partial charge >= 0.3 is 0 Å². The quantitative estimate of drug-likeness (QED) is 0.701. The number of para-hydroxylation sites is 1. The first-order chi connectivity index (χ1) is 10.6. The number of amides is 1. The Morgan fingerprint density at radius 2 is 1.95 bits per heavy atom. The lowest BCUT2D eigenvalue weighted by molar-refractivity contribution is 0.0953. The summed E-state index contributed by atoms with van der Waals surface area (Å²) in [7, 11) is 1.90. The van der Waals surface area contributed by atoms with Gasteiger partial charge in [-0.1, -0.05) is 52.7 Å². The zero-order valence-corrected chi connectivity index (χ0v) is 13.8. The van der Waals surface area contributed by atoms with Crippen LogP contribution in [0.2, 0.25) is 10.0 Å². The maximum atomic E-state index is 12.2. The second-order valence-corrected chi connectivity index (χ2v) is 6.36. The molecule has 0 atom stereocenters. The van der Waals surface area contributed by atoms with Crippen LogP contribution in [-0.2, 0) is 7.05 Å². The first-order valence-corrected chi connectivity index (χ1v) is 7.98. The van der Waals surface area contributed by atoms with Crippen molar-refractivity contribution in [2.24, 2.45) is 12.1 Å². The monoisotopic (exact) mass is 351 g/mol. The van der Waals surface area contributed by atoms with E-state index < -0.39 is 5.91 Å². The molecule has 1 heterocycles. The molecule has 0 aliphatic carbocycles. The van der Waals surface area contributed by atoms with Crippen LogP contribution in [0.5, 0.6) is 0 Å². The smallest absolute Gasteiger partial charge is 0.273 e. The van der Waals surface area contributed by atoms with Gasteiger partial charge in [-0.05, 0) is 24.3 Å². The fourth-order valence-corrected chi connectivity index (χ4v) is 3.39. The largest absolute Gasteiger partial charge is 0.318 e. The van der Waals surface area contributed by atoms with Crippen LogP contribution in [0.4, 0.5) is 0 Å². The average Bonchev–Trinajstić information content (AvgIpc) is 2.84. The Morgan fingerprint density at radius 1 is 1.18 bits per heavy atom. The highest BCUT2D eigenvalue weighted by molar-refractivity contribution is 7.16. The Bertz CT molecular complexity index is 930. The van der Waals surface area contributed by atoms with Crippen molar-refractivity contribution in [2.75, 3.05) is 0 Å². The number of aromatic nitrogens is 1. The molecule has 0 bridgehead atoms. The van der Waals surface area contributed by atoms with E-state index in [9.17, 15) is 4.79 Å². The lowest BCUT2D eigenvalue weighted by atomic mass is 10.2. The molecule has 1 amide bonds. The summed E-state index contributed by atoms with van der Waals surface area (Å²) in [5, 5.41) is 4.73. The van der Waals surface area contributed by atoms with Gasteiger partial charge in [-0.25, -0.2) is 5.43 Å². The number of thiazole rings is 1. The molecule has 0 saturated carbocycles. The normalized spacial score (nSPS) is 11.9. The standard InChI is InChI=1S/C15H11Cl2N3OS/c1-20-11-7-2-3-8-12(11)22-15(20)19-18-14(21)9-5-4-6-10(16)13(9)17/h2-8H,1H3,(H,18,21). The first-order valence-electron chi connectivity index (χ1n) is 6.40. The van der Waals surface area contributed by atoms with Gasteiger partial charge in [-0.2, -0.15) is 0 Å². The fraction of sp³-hybridized carbons (Fsp3) is 0.0667. The fourth-order valence-electron chi connectivity index (χ4n) is 2.03. The van der Waals surface area contributed by atoms with Gasteiger partial charge in [-0.3, -0.25) is 4.79 Å². The molecule has 0 saturated heterocycles. The van der Waals surface area contributed by atoms with Crippen LogP contribution in [0.25, 0.3) is 10.2 Å². The topological polar surface area (TPSA) is 46.4 Å². The number of hydrogen-bond donors (Lipinski definition) is 1. The SMILES string of the molecule is Cn1c(=NNC(=O)c2cccc(Cl)c2Cl)sc2ccccc21. The van der Waals surface area contributed by atoms with Crippen molar-refractivity contribution < 1.29 is 4.79 Å². The molecule has 0 radical (unpaired) electrons. The molecule has 112 valence electrons. The Kier molecular flexibility index (Phi) is 4.20. The van der Waals surface area contributed by atoms with Gasteiger partial charge in [0.25, 0.3) is 5.91 Å². The van der Waals surface area contributed by atoms with E-state index in [4.69, 9.17) is 23.2 Å². The van der Waals surface area contributed by atoms with Gasteiger partial charge in [0.1, 0.15) is 0 Å². The van der Waals surface area contributed by atoms with Crippen LogP contribution >= 0.6 is 34.5 Å². The summed E-state index contributed by atoms with van der Waals surface area (Å²) in [5.41, 5.74) is 3.87.